The molecule has 0 aliphatic rings. The van der Waals surface area contributed by atoms with Crippen LogP contribution in [0.3, 0.4) is 0 Å². The Bertz CT molecular complexity index is 994. The highest BCUT2D eigenvalue weighted by Crippen LogP contribution is 2.47. The van der Waals surface area contributed by atoms with E-state index in [9.17, 15) is 4.79 Å². The van der Waals surface area contributed by atoms with Crippen molar-refractivity contribution in [1.82, 2.24) is 4.90 Å². The van der Waals surface area contributed by atoms with Crippen molar-refractivity contribution in [1.29, 1.82) is 0 Å². The Morgan fingerprint density at radius 1 is 0.756 bits per heavy atom. The number of nitrogens with zero attached hydrogens (tertiary/aromatic N) is 1. The topological polar surface area (TPSA) is 29.5 Å². The first-order valence-corrected chi connectivity index (χ1v) is 13.9. The second-order valence-corrected chi connectivity index (χ2v) is 10.7. The molecule has 3 rings (SSSR count). The van der Waals surface area contributed by atoms with E-state index in [1.807, 2.05) is 25.9 Å². The van der Waals surface area contributed by atoms with Crippen LogP contribution >= 0.6 is 0 Å². The van der Waals surface area contributed by atoms with Crippen molar-refractivity contribution in [2.75, 3.05) is 27.2 Å². The van der Waals surface area contributed by atoms with Crippen molar-refractivity contribution in [2.45, 2.75) is 93.4 Å². The van der Waals surface area contributed by atoms with Gasteiger partial charge in [0.05, 0.1) is 5.92 Å². The van der Waals surface area contributed by atoms with Crippen molar-refractivity contribution in [2.24, 2.45) is 5.92 Å². The number of likely N-dealkylation sites (N-methyl/N-ethyl adjacent to an activating group) is 1. The van der Waals surface area contributed by atoms with Gasteiger partial charge in [0, 0.05) is 12.0 Å². The predicted octanol–water partition coefficient (Wildman–Crippen LogP) is 10.4. The van der Waals surface area contributed by atoms with E-state index >= 15 is 0 Å². The molecular weight excluding hydrogens is 502 g/mol. The van der Waals surface area contributed by atoms with Crippen LogP contribution in [0.25, 0.3) is 0 Å². The fraction of sp³-hybridized carbons (Fsp3) is 0.500. The zero-order valence-corrected chi connectivity index (χ0v) is 23.2. The molecule has 0 aliphatic heterocycles. The first kappa shape index (κ1) is 40.2. The zero-order valence-electron chi connectivity index (χ0n) is 23.2. The molecular formula is C38H61NO2. The minimum Gasteiger partial charge on any atom is -0.464 e. The smallest absolute Gasteiger partial charge is 0.308 e. The Labute approximate surface area is 254 Å². The molecule has 3 nitrogen and oxygen atoms in total. The van der Waals surface area contributed by atoms with Crippen molar-refractivity contribution >= 4 is 5.97 Å². The molecule has 0 fully saturated rings. The lowest BCUT2D eigenvalue weighted by Gasteiger charge is -2.40. The molecule has 0 spiro atoms. The maximum Gasteiger partial charge on any atom is 0.308 e. The van der Waals surface area contributed by atoms with Crippen molar-refractivity contribution in [3.05, 3.63) is 108 Å². The van der Waals surface area contributed by atoms with E-state index in [4.69, 9.17) is 4.74 Å². The number of hydrogen-bond donors (Lipinski definition) is 0. The monoisotopic (exact) mass is 563 g/mol. The third-order valence-electron chi connectivity index (χ3n) is 7.51. The molecule has 3 aromatic carbocycles. The SMILES string of the molecule is C.C.C.C.CCCCCC(CC(CC(C)C(=O)OCCN(C)C)(c1ccccc1)c1ccccc1)c1ccccc1. The quantitative estimate of drug-likeness (QED) is 0.136. The fourth-order valence-electron chi connectivity index (χ4n) is 5.49. The molecule has 0 heterocycles. The van der Waals surface area contributed by atoms with E-state index < -0.39 is 0 Å². The van der Waals surface area contributed by atoms with Gasteiger partial charge in [0.15, 0.2) is 0 Å². The van der Waals surface area contributed by atoms with Crippen LogP contribution in [0.15, 0.2) is 91.0 Å². The summed E-state index contributed by atoms with van der Waals surface area (Å²) in [6.45, 7) is 5.45. The summed E-state index contributed by atoms with van der Waals surface area (Å²) in [7, 11) is 3.99. The maximum absolute atomic E-state index is 13.2. The van der Waals surface area contributed by atoms with E-state index in [1.54, 1.807) is 0 Å². The average Bonchev–Trinajstić information content (AvgIpc) is 2.93. The molecule has 0 amide bonds. The summed E-state index contributed by atoms with van der Waals surface area (Å²) in [5.74, 6) is 0.0556. The largest absolute Gasteiger partial charge is 0.464 e. The number of esters is 1. The normalized spacial score (nSPS) is 12.0. The Morgan fingerprint density at radius 3 is 1.71 bits per heavy atom. The summed E-state index contributed by atoms with van der Waals surface area (Å²) in [5, 5.41) is 0. The van der Waals surface area contributed by atoms with Gasteiger partial charge in [0.25, 0.3) is 0 Å². The summed E-state index contributed by atoms with van der Waals surface area (Å²) in [5.41, 5.74) is 3.61. The van der Waals surface area contributed by atoms with Crippen LogP contribution in [-0.4, -0.2) is 38.1 Å². The zero-order chi connectivity index (χ0) is 26.5. The van der Waals surface area contributed by atoms with Gasteiger partial charge >= 0.3 is 5.97 Å². The number of ether oxygens (including phenoxy) is 1. The average molecular weight is 564 g/mol. The molecule has 3 heteroatoms. The van der Waals surface area contributed by atoms with Gasteiger partial charge < -0.3 is 9.64 Å². The number of carbonyl (C=O) groups excluding carboxylic acids is 1. The summed E-state index contributed by atoms with van der Waals surface area (Å²) >= 11 is 0. The van der Waals surface area contributed by atoms with Gasteiger partial charge in [-0.15, -0.1) is 0 Å². The summed E-state index contributed by atoms with van der Waals surface area (Å²) in [6.07, 6.45) is 6.45. The Morgan fingerprint density at radius 2 is 1.24 bits per heavy atom. The molecule has 2 atom stereocenters. The van der Waals surface area contributed by atoms with Gasteiger partial charge in [-0.1, -0.05) is 154 Å². The molecule has 3 aromatic rings. The summed E-state index contributed by atoms with van der Waals surface area (Å²) in [4.78, 5) is 15.2. The third kappa shape index (κ3) is 11.8. The highest BCUT2D eigenvalue weighted by Gasteiger charge is 2.40. The van der Waals surface area contributed by atoms with Crippen molar-refractivity contribution < 1.29 is 9.53 Å². The molecule has 0 aliphatic carbocycles. The van der Waals surface area contributed by atoms with Gasteiger partial charge in [-0.05, 0) is 56.0 Å². The van der Waals surface area contributed by atoms with E-state index in [0.717, 1.165) is 19.4 Å². The molecule has 0 saturated carbocycles. The van der Waals surface area contributed by atoms with Crippen LogP contribution in [0, 0.1) is 5.92 Å². The molecule has 2 unspecified atom stereocenters. The van der Waals surface area contributed by atoms with Gasteiger partial charge in [-0.25, -0.2) is 0 Å². The van der Waals surface area contributed by atoms with Crippen LogP contribution in [0.2, 0.25) is 0 Å². The van der Waals surface area contributed by atoms with Crippen LogP contribution in [0.4, 0.5) is 0 Å². The number of unbranched alkanes of at least 4 members (excludes halogenated alkanes) is 2. The first-order chi connectivity index (χ1) is 18.0. The second kappa shape index (κ2) is 20.9. The highest BCUT2D eigenvalue weighted by molar-refractivity contribution is 5.72. The number of hydrogen-bond acceptors (Lipinski definition) is 3. The molecule has 0 bridgehead atoms. The molecule has 0 N–H and O–H groups in total. The van der Waals surface area contributed by atoms with Crippen molar-refractivity contribution in [3.8, 4) is 0 Å². The summed E-state index contributed by atoms with van der Waals surface area (Å²) in [6, 6.07) is 32.6. The number of rotatable bonds is 15. The van der Waals surface area contributed by atoms with Crippen LogP contribution in [0.1, 0.15) is 105 Å². The fourth-order valence-corrected chi connectivity index (χ4v) is 5.49. The van der Waals surface area contributed by atoms with Gasteiger partial charge in [0.2, 0.25) is 0 Å². The van der Waals surface area contributed by atoms with Crippen LogP contribution in [0.5, 0.6) is 0 Å². The Balaban J connectivity index is 0. The Kier molecular flexibility index (Phi) is 20.5. The molecule has 0 saturated heterocycles. The molecule has 41 heavy (non-hydrogen) atoms. The van der Waals surface area contributed by atoms with Gasteiger partial charge in [-0.3, -0.25) is 4.79 Å². The minimum atomic E-state index is -0.310. The summed E-state index contributed by atoms with van der Waals surface area (Å²) < 4.78 is 5.72. The van der Waals surface area contributed by atoms with Crippen molar-refractivity contribution in [3.63, 3.8) is 0 Å². The third-order valence-corrected chi connectivity index (χ3v) is 7.51. The van der Waals surface area contributed by atoms with E-state index in [1.165, 1.54) is 36.0 Å². The molecule has 0 aromatic heterocycles. The number of carbonyl (C=O) groups is 1. The number of benzene rings is 3. The lowest BCUT2D eigenvalue weighted by Crippen LogP contribution is -2.35. The van der Waals surface area contributed by atoms with E-state index in [2.05, 4.69) is 97.9 Å². The Hall–Kier alpha value is -2.91. The predicted molar refractivity (Wildman–Crippen MR) is 182 cm³/mol. The van der Waals surface area contributed by atoms with E-state index in [-0.39, 0.29) is 47.0 Å². The van der Waals surface area contributed by atoms with Crippen LogP contribution in [-0.2, 0) is 14.9 Å². The molecule has 230 valence electrons. The maximum atomic E-state index is 13.2. The first-order valence-electron chi connectivity index (χ1n) is 13.9. The van der Waals surface area contributed by atoms with Gasteiger partial charge in [0.1, 0.15) is 6.61 Å². The lowest BCUT2D eigenvalue weighted by atomic mass is 9.63. The van der Waals surface area contributed by atoms with E-state index in [0.29, 0.717) is 18.9 Å². The van der Waals surface area contributed by atoms with Crippen LogP contribution < -0.4 is 0 Å². The minimum absolute atomic E-state index is 0. The second-order valence-electron chi connectivity index (χ2n) is 10.7. The lowest BCUT2D eigenvalue weighted by molar-refractivity contribution is -0.148. The molecule has 0 radical (unpaired) electrons. The standard InChI is InChI=1S/C34H45NO2.4CH4/c1-5-6-10-19-30(29-17-11-7-12-18-29)27-34(31-20-13-8-14-21-31,32-22-15-9-16-23-32)26-28(2)33(36)37-25-24-35(3)4;;;;/h7-9,11-18,20-23,28,30H,5-6,10,19,24-27H2,1-4H3;4*1H4. The van der Waals surface area contributed by atoms with Gasteiger partial charge in [-0.2, -0.15) is 0 Å². The highest BCUT2D eigenvalue weighted by atomic mass is 16.5.